The molecule has 1 aromatic heterocycles. The van der Waals surface area contributed by atoms with E-state index >= 15 is 0 Å². The molecule has 1 heterocycles. The normalized spacial score (nSPS) is 11.9. The van der Waals surface area contributed by atoms with Crippen LogP contribution in [0, 0.1) is 0 Å². The van der Waals surface area contributed by atoms with Crippen molar-refractivity contribution in [3.8, 4) is 45.0 Å². The van der Waals surface area contributed by atoms with Gasteiger partial charge in [0.15, 0.2) is 5.78 Å². The van der Waals surface area contributed by atoms with Crippen LogP contribution in [-0.2, 0) is 0 Å². The number of aromatic nitrogens is 2. The first kappa shape index (κ1) is 17.6. The van der Waals surface area contributed by atoms with Gasteiger partial charge in [-0.2, -0.15) is 0 Å². The highest BCUT2D eigenvalue weighted by atomic mass is 16.1. The fourth-order valence-electron chi connectivity index (χ4n) is 4.30. The van der Waals surface area contributed by atoms with Crippen molar-refractivity contribution in [2.75, 3.05) is 0 Å². The van der Waals surface area contributed by atoms with Gasteiger partial charge in [0.05, 0.1) is 11.4 Å². The molecule has 4 aromatic carbocycles. The van der Waals surface area contributed by atoms with Crippen LogP contribution < -0.4 is 0 Å². The summed E-state index contributed by atoms with van der Waals surface area (Å²) in [6.07, 6.45) is 0. The van der Waals surface area contributed by atoms with Crippen molar-refractivity contribution < 1.29 is 4.79 Å². The third-order valence-electron chi connectivity index (χ3n) is 5.81. The number of nitrogens with zero attached hydrogens (tertiary/aromatic N) is 1. The molecule has 5 aromatic rings. The fraction of sp³-hybridized carbons (Fsp3) is 0. The average molecular weight is 398 g/mol. The molecule has 0 aliphatic heterocycles. The Kier molecular flexibility index (Phi) is 3.93. The molecule has 3 heteroatoms. The summed E-state index contributed by atoms with van der Waals surface area (Å²) in [4.78, 5) is 21.5. The van der Waals surface area contributed by atoms with Crippen LogP contribution in [0.4, 0.5) is 0 Å². The summed E-state index contributed by atoms with van der Waals surface area (Å²) in [5.74, 6) is 0.886. The molecular formula is C28H18N2O. The number of carbonyl (C=O) groups excluding carboxylic acids is 1. The van der Waals surface area contributed by atoms with Crippen molar-refractivity contribution in [3.63, 3.8) is 0 Å². The maximum Gasteiger partial charge on any atom is 0.194 e. The van der Waals surface area contributed by atoms with Crippen molar-refractivity contribution in [3.05, 3.63) is 114 Å². The lowest BCUT2D eigenvalue weighted by Crippen LogP contribution is -1.95. The van der Waals surface area contributed by atoms with Gasteiger partial charge in [-0.15, -0.1) is 0 Å². The molecule has 1 N–H and O–H groups in total. The lowest BCUT2D eigenvalue weighted by Gasteiger charge is -2.06. The first-order chi connectivity index (χ1) is 15.3. The Morgan fingerprint density at radius 1 is 0.548 bits per heavy atom. The molecule has 0 saturated carbocycles. The zero-order valence-electron chi connectivity index (χ0n) is 16.7. The van der Waals surface area contributed by atoms with Crippen molar-refractivity contribution in [2.24, 2.45) is 0 Å². The molecular weight excluding hydrogens is 380 g/mol. The van der Waals surface area contributed by atoms with Crippen molar-refractivity contribution in [1.29, 1.82) is 0 Å². The molecule has 6 rings (SSSR count). The molecule has 1 aliphatic carbocycles. The van der Waals surface area contributed by atoms with Crippen LogP contribution >= 0.6 is 0 Å². The van der Waals surface area contributed by atoms with Crippen LogP contribution in [0.3, 0.4) is 0 Å². The number of carbonyl (C=O) groups is 1. The number of benzene rings is 4. The number of hydrogen-bond donors (Lipinski definition) is 1. The molecule has 0 radical (unpaired) electrons. The van der Waals surface area contributed by atoms with E-state index in [0.29, 0.717) is 0 Å². The molecule has 0 unspecified atom stereocenters. The molecule has 0 bridgehead atoms. The standard InChI is InChI=1S/C28H18N2O/c31-27-23-14-8-7-13-21(23)22-16-15-20(17-24(22)27)26-25(18-9-3-1-4-10-18)29-28(30-26)19-11-5-2-6-12-19/h1-17H,(H,29,30). The van der Waals surface area contributed by atoms with Gasteiger partial charge in [0.1, 0.15) is 5.82 Å². The minimum Gasteiger partial charge on any atom is -0.337 e. The lowest BCUT2D eigenvalue weighted by molar-refractivity contribution is 0.104. The second-order valence-electron chi connectivity index (χ2n) is 7.68. The van der Waals surface area contributed by atoms with Gasteiger partial charge in [-0.1, -0.05) is 97.1 Å². The van der Waals surface area contributed by atoms with E-state index in [4.69, 9.17) is 4.98 Å². The van der Waals surface area contributed by atoms with Gasteiger partial charge in [-0.3, -0.25) is 4.79 Å². The van der Waals surface area contributed by atoms with Gasteiger partial charge in [-0.25, -0.2) is 4.98 Å². The van der Waals surface area contributed by atoms with E-state index in [-0.39, 0.29) is 5.78 Å². The maximum atomic E-state index is 13.0. The topological polar surface area (TPSA) is 45.8 Å². The number of nitrogens with one attached hydrogen (secondary N) is 1. The number of fused-ring (bicyclic) bond motifs is 3. The molecule has 3 nitrogen and oxygen atoms in total. The number of hydrogen-bond acceptors (Lipinski definition) is 2. The van der Waals surface area contributed by atoms with Crippen molar-refractivity contribution >= 4 is 5.78 Å². The van der Waals surface area contributed by atoms with Crippen LogP contribution in [-0.4, -0.2) is 15.8 Å². The molecule has 0 atom stereocenters. The number of rotatable bonds is 3. The minimum absolute atomic E-state index is 0.0764. The van der Waals surface area contributed by atoms with E-state index in [0.717, 1.165) is 56.2 Å². The summed E-state index contributed by atoms with van der Waals surface area (Å²) in [5, 5.41) is 0. The first-order valence-electron chi connectivity index (χ1n) is 10.3. The van der Waals surface area contributed by atoms with E-state index in [9.17, 15) is 4.79 Å². The van der Waals surface area contributed by atoms with E-state index in [2.05, 4.69) is 23.2 Å². The van der Waals surface area contributed by atoms with Gasteiger partial charge in [0.2, 0.25) is 0 Å². The minimum atomic E-state index is 0.0764. The van der Waals surface area contributed by atoms with Crippen LogP contribution in [0.2, 0.25) is 0 Å². The van der Waals surface area contributed by atoms with Crippen molar-refractivity contribution in [2.45, 2.75) is 0 Å². The predicted octanol–water partition coefficient (Wildman–Crippen LogP) is 6.62. The second-order valence-corrected chi connectivity index (χ2v) is 7.68. The average Bonchev–Trinajstić information content (AvgIpc) is 3.41. The highest BCUT2D eigenvalue weighted by Gasteiger charge is 2.27. The number of ketones is 1. The number of aromatic amines is 1. The maximum absolute atomic E-state index is 13.0. The van der Waals surface area contributed by atoms with Crippen LogP contribution in [0.15, 0.2) is 103 Å². The zero-order chi connectivity index (χ0) is 20.8. The summed E-state index contributed by atoms with van der Waals surface area (Å²) in [6.45, 7) is 0. The quantitative estimate of drug-likeness (QED) is 0.364. The third-order valence-corrected chi connectivity index (χ3v) is 5.81. The number of H-pyrrole nitrogens is 1. The third kappa shape index (κ3) is 2.82. The fourth-order valence-corrected chi connectivity index (χ4v) is 4.30. The predicted molar refractivity (Wildman–Crippen MR) is 124 cm³/mol. The largest absolute Gasteiger partial charge is 0.337 e. The van der Waals surface area contributed by atoms with Gasteiger partial charge < -0.3 is 4.98 Å². The molecule has 0 amide bonds. The molecule has 0 saturated heterocycles. The van der Waals surface area contributed by atoms with Crippen LogP contribution in [0.5, 0.6) is 0 Å². The molecule has 0 fully saturated rings. The highest BCUT2D eigenvalue weighted by Crippen LogP contribution is 2.40. The smallest absolute Gasteiger partial charge is 0.194 e. The van der Waals surface area contributed by atoms with E-state index in [1.807, 2.05) is 84.9 Å². The molecule has 146 valence electrons. The first-order valence-corrected chi connectivity index (χ1v) is 10.3. The van der Waals surface area contributed by atoms with E-state index in [1.54, 1.807) is 0 Å². The van der Waals surface area contributed by atoms with Gasteiger partial charge in [0, 0.05) is 27.8 Å². The van der Waals surface area contributed by atoms with Crippen LogP contribution in [0.1, 0.15) is 15.9 Å². The second kappa shape index (κ2) is 6.92. The van der Waals surface area contributed by atoms with Gasteiger partial charge in [0.25, 0.3) is 0 Å². The van der Waals surface area contributed by atoms with Crippen LogP contribution in [0.25, 0.3) is 45.0 Å². The molecule has 31 heavy (non-hydrogen) atoms. The summed E-state index contributed by atoms with van der Waals surface area (Å²) in [5.41, 5.74) is 8.30. The monoisotopic (exact) mass is 398 g/mol. The lowest BCUT2D eigenvalue weighted by atomic mass is 9.99. The Balaban J connectivity index is 1.54. The summed E-state index contributed by atoms with van der Waals surface area (Å²) in [7, 11) is 0. The highest BCUT2D eigenvalue weighted by molar-refractivity contribution is 6.22. The Morgan fingerprint density at radius 3 is 1.90 bits per heavy atom. The summed E-state index contributed by atoms with van der Waals surface area (Å²) < 4.78 is 0. The summed E-state index contributed by atoms with van der Waals surface area (Å²) >= 11 is 0. The molecule has 1 aliphatic rings. The SMILES string of the molecule is O=C1c2ccccc2-c2ccc(-c3nc(-c4ccccc4)[nH]c3-c3ccccc3)cc21. The Bertz CT molecular complexity index is 1430. The van der Waals surface area contributed by atoms with Gasteiger partial charge in [-0.05, 0) is 17.2 Å². The Morgan fingerprint density at radius 2 is 1.16 bits per heavy atom. The Labute approximate surface area is 180 Å². The van der Waals surface area contributed by atoms with E-state index in [1.165, 1.54) is 0 Å². The van der Waals surface area contributed by atoms with Gasteiger partial charge >= 0.3 is 0 Å². The Hall–Kier alpha value is -4.24. The molecule has 0 spiro atoms. The number of imidazole rings is 1. The van der Waals surface area contributed by atoms with Crippen molar-refractivity contribution in [1.82, 2.24) is 9.97 Å². The zero-order valence-corrected chi connectivity index (χ0v) is 16.7. The summed E-state index contributed by atoms with van der Waals surface area (Å²) in [6, 6.07) is 34.1. The van der Waals surface area contributed by atoms with E-state index < -0.39 is 0 Å².